The second-order valence-corrected chi connectivity index (χ2v) is 7.27. The predicted octanol–water partition coefficient (Wildman–Crippen LogP) is 3.11. The lowest BCUT2D eigenvalue weighted by Gasteiger charge is -2.39. The van der Waals surface area contributed by atoms with Gasteiger partial charge in [0.2, 0.25) is 0 Å². The Hall–Kier alpha value is -3.15. The molecule has 2 aliphatic rings. The van der Waals surface area contributed by atoms with Gasteiger partial charge in [0, 0.05) is 32.0 Å². The minimum absolute atomic E-state index is 0.0768. The zero-order valence-corrected chi connectivity index (χ0v) is 15.4. The highest BCUT2D eigenvalue weighted by Crippen LogP contribution is 2.35. The van der Waals surface area contributed by atoms with Gasteiger partial charge in [0.25, 0.3) is 5.91 Å². The summed E-state index contributed by atoms with van der Waals surface area (Å²) < 4.78 is 38.2. The van der Waals surface area contributed by atoms with Crippen LogP contribution in [0.3, 0.4) is 0 Å². The fourth-order valence-corrected chi connectivity index (χ4v) is 4.18. The smallest absolute Gasteiger partial charge is 0.353 e. The van der Waals surface area contributed by atoms with Crippen molar-refractivity contribution in [3.05, 3.63) is 53.5 Å². The SMILES string of the molecule is N#Cc1cccnc1N1CCC2CCN(C(=O)c3ccc(C(F)(F)F)nc3)C2C1. The summed E-state index contributed by atoms with van der Waals surface area (Å²) in [6, 6.07) is 7.50. The molecule has 0 N–H and O–H groups in total. The molecule has 2 unspecified atom stereocenters. The number of hydrogen-bond acceptors (Lipinski definition) is 5. The van der Waals surface area contributed by atoms with Gasteiger partial charge in [0.1, 0.15) is 17.6 Å². The first-order valence-corrected chi connectivity index (χ1v) is 9.33. The molecule has 0 aromatic carbocycles. The van der Waals surface area contributed by atoms with Crippen LogP contribution in [0.5, 0.6) is 0 Å². The molecule has 2 aromatic heterocycles. The van der Waals surface area contributed by atoms with E-state index >= 15 is 0 Å². The van der Waals surface area contributed by atoms with Crippen molar-refractivity contribution in [2.24, 2.45) is 5.92 Å². The maximum atomic E-state index is 12.9. The average Bonchev–Trinajstić information content (AvgIpc) is 3.16. The highest BCUT2D eigenvalue weighted by Gasteiger charge is 2.41. The van der Waals surface area contributed by atoms with Crippen LogP contribution in [-0.4, -0.2) is 46.5 Å². The number of halogens is 3. The number of fused-ring (bicyclic) bond motifs is 1. The molecule has 2 fully saturated rings. The van der Waals surface area contributed by atoms with Crippen molar-refractivity contribution in [3.8, 4) is 6.07 Å². The summed E-state index contributed by atoms with van der Waals surface area (Å²) in [6.45, 7) is 1.84. The van der Waals surface area contributed by atoms with Crippen molar-refractivity contribution in [1.82, 2.24) is 14.9 Å². The fraction of sp³-hybridized carbons (Fsp3) is 0.400. The van der Waals surface area contributed by atoms with Crippen molar-refractivity contribution >= 4 is 11.7 Å². The van der Waals surface area contributed by atoms with Crippen LogP contribution in [0.2, 0.25) is 0 Å². The summed E-state index contributed by atoms with van der Waals surface area (Å²) in [5.74, 6) is 0.609. The van der Waals surface area contributed by atoms with Crippen LogP contribution >= 0.6 is 0 Å². The largest absolute Gasteiger partial charge is 0.433 e. The first-order chi connectivity index (χ1) is 13.9. The fourth-order valence-electron chi connectivity index (χ4n) is 4.18. The second-order valence-electron chi connectivity index (χ2n) is 7.27. The quantitative estimate of drug-likeness (QED) is 0.773. The number of amides is 1. The third-order valence-electron chi connectivity index (χ3n) is 5.63. The average molecular weight is 401 g/mol. The maximum absolute atomic E-state index is 12.9. The molecular formula is C20H18F3N5O. The molecular weight excluding hydrogens is 383 g/mol. The van der Waals surface area contributed by atoms with Crippen LogP contribution < -0.4 is 4.90 Å². The Bertz CT molecular complexity index is 954. The summed E-state index contributed by atoms with van der Waals surface area (Å²) in [7, 11) is 0. The van der Waals surface area contributed by atoms with Crippen LogP contribution in [0.4, 0.5) is 19.0 Å². The zero-order valence-electron chi connectivity index (χ0n) is 15.4. The Morgan fingerprint density at radius 3 is 2.66 bits per heavy atom. The highest BCUT2D eigenvalue weighted by molar-refractivity contribution is 5.94. The Morgan fingerprint density at radius 2 is 1.97 bits per heavy atom. The van der Waals surface area contributed by atoms with Gasteiger partial charge in [-0.25, -0.2) is 4.98 Å². The Labute approximate surface area is 165 Å². The van der Waals surface area contributed by atoms with Crippen LogP contribution in [0, 0.1) is 17.2 Å². The number of carbonyl (C=O) groups excluding carboxylic acids is 1. The molecule has 2 aromatic rings. The minimum Gasteiger partial charge on any atom is -0.353 e. The molecule has 0 aliphatic carbocycles. The van der Waals surface area contributed by atoms with E-state index in [-0.39, 0.29) is 17.5 Å². The number of nitriles is 1. The van der Waals surface area contributed by atoms with E-state index in [1.807, 2.05) is 4.90 Å². The van der Waals surface area contributed by atoms with Crippen LogP contribution in [-0.2, 0) is 6.18 Å². The molecule has 0 saturated carbocycles. The van der Waals surface area contributed by atoms with Gasteiger partial charge in [0.05, 0.1) is 17.2 Å². The van der Waals surface area contributed by atoms with Gasteiger partial charge >= 0.3 is 6.18 Å². The molecule has 6 nitrogen and oxygen atoms in total. The summed E-state index contributed by atoms with van der Waals surface area (Å²) in [5.41, 5.74) is -0.392. The van der Waals surface area contributed by atoms with E-state index in [4.69, 9.17) is 0 Å². The first kappa shape index (κ1) is 19.2. The zero-order chi connectivity index (χ0) is 20.6. The normalized spacial score (nSPS) is 21.6. The number of anilines is 1. The molecule has 1 amide bonds. The lowest BCUT2D eigenvalue weighted by Crippen LogP contribution is -2.50. The van der Waals surface area contributed by atoms with Gasteiger partial charge < -0.3 is 9.80 Å². The number of rotatable bonds is 2. The highest BCUT2D eigenvalue weighted by atomic mass is 19.4. The van der Waals surface area contributed by atoms with Crippen molar-refractivity contribution in [2.45, 2.75) is 25.1 Å². The number of nitrogens with zero attached hydrogens (tertiary/aromatic N) is 5. The van der Waals surface area contributed by atoms with E-state index in [1.165, 1.54) is 6.07 Å². The van der Waals surface area contributed by atoms with Crippen molar-refractivity contribution in [2.75, 3.05) is 24.5 Å². The first-order valence-electron chi connectivity index (χ1n) is 9.33. The maximum Gasteiger partial charge on any atom is 0.433 e. The second kappa shape index (κ2) is 7.35. The third kappa shape index (κ3) is 3.62. The van der Waals surface area contributed by atoms with Gasteiger partial charge in [-0.15, -0.1) is 0 Å². The molecule has 9 heteroatoms. The Balaban J connectivity index is 1.54. The van der Waals surface area contributed by atoms with Crippen LogP contribution in [0.25, 0.3) is 0 Å². The number of alkyl halides is 3. The molecule has 4 heterocycles. The van der Waals surface area contributed by atoms with Crippen molar-refractivity contribution in [3.63, 3.8) is 0 Å². The third-order valence-corrected chi connectivity index (χ3v) is 5.63. The number of likely N-dealkylation sites (tertiary alicyclic amines) is 1. The molecule has 4 rings (SSSR count). The van der Waals surface area contributed by atoms with Crippen LogP contribution in [0.1, 0.15) is 34.5 Å². The van der Waals surface area contributed by atoms with E-state index in [2.05, 4.69) is 16.0 Å². The Kier molecular flexibility index (Phi) is 4.86. The van der Waals surface area contributed by atoms with Gasteiger partial charge in [-0.2, -0.15) is 18.4 Å². The van der Waals surface area contributed by atoms with Gasteiger partial charge in [0.15, 0.2) is 0 Å². The summed E-state index contributed by atoms with van der Waals surface area (Å²) >= 11 is 0. The minimum atomic E-state index is -4.54. The topological polar surface area (TPSA) is 73.1 Å². The van der Waals surface area contributed by atoms with Gasteiger partial charge in [-0.3, -0.25) is 9.78 Å². The molecule has 2 aliphatic heterocycles. The lowest BCUT2D eigenvalue weighted by atomic mass is 9.92. The number of carbonyl (C=O) groups is 1. The standard InChI is InChI=1S/C20H18F3N5O/c21-20(22,23)17-4-3-15(11-26-17)19(29)28-9-6-13-5-8-27(12-16(13)28)18-14(10-24)2-1-7-25-18/h1-4,7,11,13,16H,5-6,8-9,12H2. The van der Waals surface area contributed by atoms with E-state index in [1.54, 1.807) is 23.2 Å². The number of hydrogen-bond donors (Lipinski definition) is 0. The molecule has 2 atom stereocenters. The molecule has 150 valence electrons. The molecule has 2 saturated heterocycles. The molecule has 29 heavy (non-hydrogen) atoms. The monoisotopic (exact) mass is 401 g/mol. The summed E-state index contributed by atoms with van der Waals surface area (Å²) in [5, 5.41) is 9.34. The molecule has 0 spiro atoms. The Morgan fingerprint density at radius 1 is 1.17 bits per heavy atom. The number of pyridine rings is 2. The van der Waals surface area contributed by atoms with Gasteiger partial charge in [-0.1, -0.05) is 0 Å². The van der Waals surface area contributed by atoms with E-state index in [0.29, 0.717) is 30.4 Å². The van der Waals surface area contributed by atoms with Crippen LogP contribution in [0.15, 0.2) is 36.7 Å². The number of aromatic nitrogens is 2. The predicted molar refractivity (Wildman–Crippen MR) is 98.0 cm³/mol. The van der Waals surface area contributed by atoms with E-state index in [0.717, 1.165) is 31.6 Å². The summed E-state index contributed by atoms with van der Waals surface area (Å²) in [6.07, 6.45) is -0.197. The molecule has 0 bridgehead atoms. The molecule has 0 radical (unpaired) electrons. The van der Waals surface area contributed by atoms with Crippen molar-refractivity contribution < 1.29 is 18.0 Å². The van der Waals surface area contributed by atoms with Gasteiger partial charge in [-0.05, 0) is 43.0 Å². The van der Waals surface area contributed by atoms with E-state index in [9.17, 15) is 23.2 Å². The lowest BCUT2D eigenvalue weighted by molar-refractivity contribution is -0.141. The number of piperidine rings is 1. The summed E-state index contributed by atoms with van der Waals surface area (Å²) in [4.78, 5) is 24.4. The van der Waals surface area contributed by atoms with Crippen molar-refractivity contribution in [1.29, 1.82) is 5.26 Å². The van der Waals surface area contributed by atoms with E-state index < -0.39 is 11.9 Å².